The summed E-state index contributed by atoms with van der Waals surface area (Å²) in [6, 6.07) is 17.8. The number of hydrogen-bond acceptors (Lipinski definition) is 19. The second-order valence-corrected chi connectivity index (χ2v) is 20.7. The molecule has 0 saturated carbocycles. The summed E-state index contributed by atoms with van der Waals surface area (Å²) in [6.45, 7) is 12.3. The average molecular weight is 1160 g/mol. The highest BCUT2D eigenvalue weighted by Crippen LogP contribution is 2.38. The maximum absolute atomic E-state index is 9.38. The summed E-state index contributed by atoms with van der Waals surface area (Å²) >= 11 is 17.5. The Balaban J connectivity index is 0.000000117. The van der Waals surface area contributed by atoms with Crippen LogP contribution >= 0.6 is 34.8 Å². The molecule has 2 aliphatic rings. The second-order valence-electron chi connectivity index (χ2n) is 19.6. The number of anilines is 1. The van der Waals surface area contributed by atoms with Crippen LogP contribution in [0.5, 0.6) is 0 Å². The van der Waals surface area contributed by atoms with Crippen LogP contribution in [0.3, 0.4) is 0 Å². The zero-order valence-corrected chi connectivity index (χ0v) is 46.4. The highest BCUT2D eigenvalue weighted by molar-refractivity contribution is 6.65. The minimum Gasteiger partial charge on any atom is -0.399 e. The lowest BCUT2D eigenvalue weighted by Crippen LogP contribution is -2.41. The number of aromatic amines is 3. The van der Waals surface area contributed by atoms with Gasteiger partial charge in [0.25, 0.3) is 0 Å². The first kappa shape index (κ1) is 55.1. The molecule has 416 valence electrons. The van der Waals surface area contributed by atoms with Gasteiger partial charge in [-0.1, -0.05) is 48.0 Å². The van der Waals surface area contributed by atoms with Crippen LogP contribution in [0.2, 0.25) is 15.7 Å². The van der Waals surface area contributed by atoms with Crippen LogP contribution in [0, 0.1) is 0 Å². The molecule has 11 heterocycles. The van der Waals surface area contributed by atoms with E-state index < -0.39 is 0 Å². The number of nitrogens with one attached hydrogen (secondary N) is 3. The van der Waals surface area contributed by atoms with Crippen molar-refractivity contribution in [2.75, 3.05) is 51.0 Å². The van der Waals surface area contributed by atoms with E-state index in [1.54, 1.807) is 34.2 Å². The van der Waals surface area contributed by atoms with Gasteiger partial charge in [-0.25, -0.2) is 29.9 Å². The van der Waals surface area contributed by atoms with Gasteiger partial charge < -0.3 is 48.0 Å². The molecule has 9 aromatic heterocycles. The molecule has 0 aliphatic carbocycles. The molecule has 0 spiro atoms. The van der Waals surface area contributed by atoms with Crippen LogP contribution in [-0.4, -0.2) is 169 Å². The number of aliphatic hydroxyl groups excluding tert-OH is 3. The molecular formula is C52H53BCl3N19O6. The van der Waals surface area contributed by atoms with Crippen LogP contribution in [-0.2, 0) is 33.7 Å². The molecule has 2 saturated heterocycles. The predicted molar refractivity (Wildman–Crippen MR) is 307 cm³/mol. The van der Waals surface area contributed by atoms with Crippen molar-refractivity contribution < 1.29 is 29.4 Å². The van der Waals surface area contributed by atoms with Crippen molar-refractivity contribution in [3.8, 4) is 22.5 Å². The van der Waals surface area contributed by atoms with Crippen LogP contribution < -0.4 is 10.4 Å². The molecule has 0 bridgehead atoms. The van der Waals surface area contributed by atoms with E-state index in [4.69, 9.17) is 69.0 Å². The summed E-state index contributed by atoms with van der Waals surface area (Å²) < 4.78 is 22.9. The van der Waals surface area contributed by atoms with Crippen molar-refractivity contribution in [3.05, 3.63) is 108 Å². The van der Waals surface area contributed by atoms with Crippen LogP contribution in [0.1, 0.15) is 27.7 Å². The zero-order chi connectivity index (χ0) is 56.4. The third-order valence-electron chi connectivity index (χ3n) is 14.1. The van der Waals surface area contributed by atoms with E-state index in [1.165, 1.54) is 6.33 Å². The van der Waals surface area contributed by atoms with E-state index >= 15 is 0 Å². The number of H-pyrrole nitrogens is 3. The predicted octanol–water partition coefficient (Wildman–Crippen LogP) is 6.20. The molecule has 81 heavy (non-hydrogen) atoms. The largest absolute Gasteiger partial charge is 0.495 e. The number of rotatable bonds is 10. The van der Waals surface area contributed by atoms with Gasteiger partial charge in [-0.2, -0.15) is 30.2 Å². The van der Waals surface area contributed by atoms with E-state index in [2.05, 4.69) is 98.1 Å². The van der Waals surface area contributed by atoms with Gasteiger partial charge in [0, 0.05) is 60.0 Å². The third-order valence-corrected chi connectivity index (χ3v) is 14.7. The quantitative estimate of drug-likeness (QED) is 0.0504. The van der Waals surface area contributed by atoms with E-state index in [9.17, 15) is 5.11 Å². The molecule has 25 nitrogen and oxygen atoms in total. The monoisotopic (exact) mass is 1160 g/mol. The minimum absolute atomic E-state index is 0.000270. The number of morpholine rings is 1. The summed E-state index contributed by atoms with van der Waals surface area (Å²) in [4.78, 5) is 41.0. The Morgan fingerprint density at radius 1 is 0.543 bits per heavy atom. The Hall–Kier alpha value is -7.79. The number of aromatic nitrogens is 18. The number of fused-ring (bicyclic) bond motifs is 6. The Morgan fingerprint density at radius 3 is 1.52 bits per heavy atom. The topological polar surface area (TPSA) is 308 Å². The number of nitrogens with zero attached hydrogens (tertiary/aromatic N) is 16. The molecule has 3 aromatic carbocycles. The summed E-state index contributed by atoms with van der Waals surface area (Å²) in [6.07, 6.45) is 10.2. The molecule has 0 atom stereocenters. The van der Waals surface area contributed by atoms with Gasteiger partial charge in [0.05, 0.1) is 98.4 Å². The Bertz CT molecular complexity index is 4160. The Kier molecular flexibility index (Phi) is 15.9. The molecule has 0 amide bonds. The lowest BCUT2D eigenvalue weighted by Gasteiger charge is -2.32. The van der Waals surface area contributed by atoms with Gasteiger partial charge in [-0.15, -0.1) is 0 Å². The summed E-state index contributed by atoms with van der Waals surface area (Å²) in [7, 11) is -0.337. The van der Waals surface area contributed by atoms with Crippen molar-refractivity contribution >= 4 is 120 Å². The highest BCUT2D eigenvalue weighted by atomic mass is 35.5. The van der Waals surface area contributed by atoms with Crippen LogP contribution in [0.25, 0.3) is 88.7 Å². The second kappa shape index (κ2) is 23.4. The van der Waals surface area contributed by atoms with Gasteiger partial charge in [-0.3, -0.25) is 15.3 Å². The molecule has 2 fully saturated rings. The Morgan fingerprint density at radius 2 is 0.988 bits per heavy atom. The Labute approximate surface area is 475 Å². The van der Waals surface area contributed by atoms with Gasteiger partial charge >= 0.3 is 7.12 Å². The van der Waals surface area contributed by atoms with E-state index in [0.29, 0.717) is 72.3 Å². The number of imidazole rings is 3. The average Bonchev–Trinajstić information content (AvgIpc) is 4.48. The molecule has 29 heteroatoms. The summed E-state index contributed by atoms with van der Waals surface area (Å²) in [5.41, 5.74) is 10.2. The smallest absolute Gasteiger partial charge is 0.399 e. The van der Waals surface area contributed by atoms with Crippen molar-refractivity contribution in [2.24, 2.45) is 0 Å². The number of halogens is 3. The minimum atomic E-state index is -0.337. The normalized spacial score (nSPS) is 14.9. The fourth-order valence-electron chi connectivity index (χ4n) is 9.35. The van der Waals surface area contributed by atoms with E-state index in [0.717, 1.165) is 73.7 Å². The molecule has 2 aliphatic heterocycles. The summed E-state index contributed by atoms with van der Waals surface area (Å²) in [5.74, 6) is 0.654. The molecule has 12 aromatic rings. The van der Waals surface area contributed by atoms with Crippen molar-refractivity contribution in [2.45, 2.75) is 58.5 Å². The first-order chi connectivity index (χ1) is 39.2. The van der Waals surface area contributed by atoms with E-state index in [-0.39, 0.29) is 53.9 Å². The first-order valence-corrected chi connectivity index (χ1v) is 26.8. The third kappa shape index (κ3) is 11.1. The number of hydrogen-bond donors (Lipinski definition) is 6. The standard InChI is InChI=1S/C18H19N7O2.C14H11ClN6O.C13H17BN2O2.C7H6Cl2N4O/c26-7-4-25-11-19-16-15(12-2-1-3-14-13(12)10-20-23-14)21-18(22-17(16)25)24-5-8-27-9-6-24;15-14-18-11(8-2-1-3-10-9(8)6-17-20-10)12-13(19-14)21(4-5-22)7-16-12;1-12(2)13(3,4)18-14(17-12)10-6-5-7-11-9(10)8-15-16-11;8-5-4-6(12-7(9)11-5)13(1-2-14)3-10-4/h1-3,10-11,26H,4-9H2,(H,20,23);1-3,6-7,22H,4-5H2,(H,17,20);5-8H,1-4H3,(H,15,16);3,14H,1-2H2. The fourth-order valence-corrected chi connectivity index (χ4v) is 9.93. The number of benzene rings is 3. The van der Waals surface area contributed by atoms with Crippen LogP contribution in [0.4, 0.5) is 5.95 Å². The van der Waals surface area contributed by atoms with Crippen molar-refractivity contribution in [1.29, 1.82) is 0 Å². The lowest BCUT2D eigenvalue weighted by molar-refractivity contribution is 0.00578. The summed E-state index contributed by atoms with van der Waals surface area (Å²) in [5, 5.41) is 51.9. The van der Waals surface area contributed by atoms with Crippen LogP contribution in [0.15, 0.2) is 92.2 Å². The zero-order valence-electron chi connectivity index (χ0n) is 44.2. The van der Waals surface area contributed by atoms with Gasteiger partial charge in [0.2, 0.25) is 16.5 Å². The van der Waals surface area contributed by atoms with Crippen molar-refractivity contribution in [1.82, 2.24) is 89.1 Å². The number of aliphatic hydroxyl groups is 3. The highest BCUT2D eigenvalue weighted by Gasteiger charge is 2.52. The molecule has 0 radical (unpaired) electrons. The van der Waals surface area contributed by atoms with Gasteiger partial charge in [-0.05, 0) is 74.6 Å². The van der Waals surface area contributed by atoms with E-state index in [1.807, 2.05) is 65.4 Å². The maximum Gasteiger partial charge on any atom is 0.495 e. The molecule has 14 rings (SSSR count). The first-order valence-electron chi connectivity index (χ1n) is 25.7. The molecular weight excluding hydrogens is 1100 g/mol. The molecule has 6 N–H and O–H groups in total. The molecule has 0 unspecified atom stereocenters. The maximum atomic E-state index is 9.38. The fraction of sp³-hybridized carbons (Fsp3) is 0.308. The SMILES string of the molecule is CC1(C)OB(c2cccc3[nH]ncc23)OC1(C)C.OCCn1cnc2c(-c3cccc4[nH]ncc34)nc(Cl)nc21.OCCn1cnc2c(-c3cccc4[nH]ncc34)nc(N3CCOCC3)nc21.OCCn1cnc2c(Cl)nc(Cl)nc21. The van der Waals surface area contributed by atoms with Gasteiger partial charge in [0.1, 0.15) is 27.9 Å². The van der Waals surface area contributed by atoms with Gasteiger partial charge in [0.15, 0.2) is 22.1 Å². The number of ether oxygens (including phenoxy) is 1. The lowest BCUT2D eigenvalue weighted by atomic mass is 9.77. The van der Waals surface area contributed by atoms with Crippen molar-refractivity contribution in [3.63, 3.8) is 0 Å².